The van der Waals surface area contributed by atoms with Gasteiger partial charge in [-0.1, -0.05) is 47.2 Å². The topological polar surface area (TPSA) is 30.7 Å². The zero-order valence-corrected chi connectivity index (χ0v) is 11.1. The molecule has 1 aromatic heterocycles. The van der Waals surface area contributed by atoms with E-state index in [4.69, 9.17) is 0 Å². The number of hydrogen-bond acceptors (Lipinski definition) is 2. The SMILES string of the molecule is Cc1ccc(Cn2cc(-c3cccc(F)c3)nn2)cc1. The van der Waals surface area contributed by atoms with Crippen molar-refractivity contribution in [3.05, 3.63) is 71.7 Å². The first kappa shape index (κ1) is 12.5. The molecule has 0 N–H and O–H groups in total. The van der Waals surface area contributed by atoms with Crippen LogP contribution in [0.1, 0.15) is 11.1 Å². The van der Waals surface area contributed by atoms with Crippen LogP contribution in [0.3, 0.4) is 0 Å². The van der Waals surface area contributed by atoms with Gasteiger partial charge in [-0.25, -0.2) is 9.07 Å². The second-order valence-corrected chi connectivity index (χ2v) is 4.80. The van der Waals surface area contributed by atoms with Gasteiger partial charge in [0.1, 0.15) is 11.5 Å². The Balaban J connectivity index is 1.82. The molecule has 3 nitrogen and oxygen atoms in total. The molecule has 0 unspecified atom stereocenters. The lowest BCUT2D eigenvalue weighted by Gasteiger charge is -2.01. The number of aryl methyl sites for hydroxylation is 1. The molecule has 0 fully saturated rings. The van der Waals surface area contributed by atoms with E-state index in [1.807, 2.05) is 12.3 Å². The van der Waals surface area contributed by atoms with Gasteiger partial charge in [0.25, 0.3) is 0 Å². The van der Waals surface area contributed by atoms with Crippen molar-refractivity contribution in [1.82, 2.24) is 15.0 Å². The van der Waals surface area contributed by atoms with Gasteiger partial charge in [-0.2, -0.15) is 0 Å². The van der Waals surface area contributed by atoms with Gasteiger partial charge in [0.15, 0.2) is 0 Å². The summed E-state index contributed by atoms with van der Waals surface area (Å²) in [6.45, 7) is 2.71. The van der Waals surface area contributed by atoms with Gasteiger partial charge < -0.3 is 0 Å². The fourth-order valence-electron chi connectivity index (χ4n) is 2.04. The highest BCUT2D eigenvalue weighted by Crippen LogP contribution is 2.17. The quantitative estimate of drug-likeness (QED) is 0.727. The minimum atomic E-state index is -0.268. The molecule has 100 valence electrons. The molecule has 0 atom stereocenters. The molecule has 3 aromatic rings. The van der Waals surface area contributed by atoms with Gasteiger partial charge in [-0.05, 0) is 24.6 Å². The second kappa shape index (κ2) is 5.25. The molecular weight excluding hydrogens is 253 g/mol. The number of benzene rings is 2. The summed E-state index contributed by atoms with van der Waals surface area (Å²) >= 11 is 0. The van der Waals surface area contributed by atoms with E-state index >= 15 is 0 Å². The molecule has 2 aromatic carbocycles. The average Bonchev–Trinajstić information content (AvgIpc) is 2.90. The zero-order valence-electron chi connectivity index (χ0n) is 11.1. The van der Waals surface area contributed by atoms with Crippen molar-refractivity contribution < 1.29 is 4.39 Å². The van der Waals surface area contributed by atoms with Gasteiger partial charge in [0.05, 0.1) is 12.7 Å². The monoisotopic (exact) mass is 267 g/mol. The van der Waals surface area contributed by atoms with Crippen molar-refractivity contribution in [2.24, 2.45) is 0 Å². The van der Waals surface area contributed by atoms with Crippen LogP contribution in [0.15, 0.2) is 54.7 Å². The molecule has 3 rings (SSSR count). The summed E-state index contributed by atoms with van der Waals surface area (Å²) in [5.74, 6) is -0.268. The van der Waals surface area contributed by atoms with E-state index in [1.165, 1.54) is 17.7 Å². The highest BCUT2D eigenvalue weighted by molar-refractivity contribution is 5.57. The van der Waals surface area contributed by atoms with Crippen LogP contribution in [0.4, 0.5) is 4.39 Å². The predicted molar refractivity (Wildman–Crippen MR) is 75.7 cm³/mol. The molecule has 4 heteroatoms. The molecule has 0 amide bonds. The summed E-state index contributed by atoms with van der Waals surface area (Å²) < 4.78 is 14.9. The Kier molecular flexibility index (Phi) is 3.29. The van der Waals surface area contributed by atoms with E-state index < -0.39 is 0 Å². The van der Waals surface area contributed by atoms with E-state index in [0.29, 0.717) is 12.2 Å². The average molecular weight is 267 g/mol. The van der Waals surface area contributed by atoms with Crippen LogP contribution >= 0.6 is 0 Å². The molecule has 0 aliphatic carbocycles. The molecule has 0 aliphatic rings. The Morgan fingerprint density at radius 1 is 1.10 bits per heavy atom. The van der Waals surface area contributed by atoms with E-state index in [1.54, 1.807) is 10.7 Å². The first-order valence-electron chi connectivity index (χ1n) is 6.42. The first-order chi connectivity index (χ1) is 9.70. The summed E-state index contributed by atoms with van der Waals surface area (Å²) in [6.07, 6.45) is 1.83. The fraction of sp³-hybridized carbons (Fsp3) is 0.125. The van der Waals surface area contributed by atoms with Crippen LogP contribution in [-0.4, -0.2) is 15.0 Å². The predicted octanol–water partition coefficient (Wildman–Crippen LogP) is 3.44. The van der Waals surface area contributed by atoms with Crippen molar-refractivity contribution >= 4 is 0 Å². The van der Waals surface area contributed by atoms with E-state index in [9.17, 15) is 4.39 Å². The number of nitrogens with zero attached hydrogens (tertiary/aromatic N) is 3. The Morgan fingerprint density at radius 3 is 2.65 bits per heavy atom. The normalized spacial score (nSPS) is 10.7. The molecular formula is C16H14FN3. The van der Waals surface area contributed by atoms with Gasteiger partial charge in [0.2, 0.25) is 0 Å². The summed E-state index contributed by atoms with van der Waals surface area (Å²) in [7, 11) is 0. The zero-order chi connectivity index (χ0) is 13.9. The summed E-state index contributed by atoms with van der Waals surface area (Å²) in [6, 6.07) is 14.6. The number of rotatable bonds is 3. The maximum Gasteiger partial charge on any atom is 0.123 e. The van der Waals surface area contributed by atoms with Crippen LogP contribution in [-0.2, 0) is 6.54 Å². The third kappa shape index (κ3) is 2.74. The van der Waals surface area contributed by atoms with Gasteiger partial charge in [-0.3, -0.25) is 0 Å². The lowest BCUT2D eigenvalue weighted by atomic mass is 10.1. The molecule has 0 aliphatic heterocycles. The minimum Gasteiger partial charge on any atom is -0.247 e. The third-order valence-corrected chi connectivity index (χ3v) is 3.12. The van der Waals surface area contributed by atoms with Crippen LogP contribution in [0, 0.1) is 12.7 Å². The van der Waals surface area contributed by atoms with Crippen molar-refractivity contribution in [2.45, 2.75) is 13.5 Å². The first-order valence-corrected chi connectivity index (χ1v) is 6.42. The molecule has 1 heterocycles. The number of aromatic nitrogens is 3. The fourth-order valence-corrected chi connectivity index (χ4v) is 2.04. The van der Waals surface area contributed by atoms with E-state index in [0.717, 1.165) is 11.1 Å². The summed E-state index contributed by atoms with van der Waals surface area (Å²) in [5, 5.41) is 8.17. The van der Waals surface area contributed by atoms with Crippen LogP contribution in [0.2, 0.25) is 0 Å². The van der Waals surface area contributed by atoms with Crippen LogP contribution in [0.5, 0.6) is 0 Å². The van der Waals surface area contributed by atoms with E-state index in [2.05, 4.69) is 41.5 Å². The molecule has 0 saturated carbocycles. The largest absolute Gasteiger partial charge is 0.247 e. The van der Waals surface area contributed by atoms with E-state index in [-0.39, 0.29) is 5.82 Å². The minimum absolute atomic E-state index is 0.268. The lowest BCUT2D eigenvalue weighted by Crippen LogP contribution is -2.00. The van der Waals surface area contributed by atoms with Crippen molar-refractivity contribution in [2.75, 3.05) is 0 Å². The Morgan fingerprint density at radius 2 is 1.90 bits per heavy atom. The van der Waals surface area contributed by atoms with Crippen molar-refractivity contribution in [3.63, 3.8) is 0 Å². The number of halogens is 1. The van der Waals surface area contributed by atoms with Crippen LogP contribution in [0.25, 0.3) is 11.3 Å². The highest BCUT2D eigenvalue weighted by atomic mass is 19.1. The Labute approximate surface area is 116 Å². The molecule has 0 radical (unpaired) electrons. The van der Waals surface area contributed by atoms with Crippen LogP contribution < -0.4 is 0 Å². The number of hydrogen-bond donors (Lipinski definition) is 0. The standard InChI is InChI=1S/C16H14FN3/c1-12-5-7-13(8-6-12)10-20-11-16(18-19-20)14-3-2-4-15(17)9-14/h2-9,11H,10H2,1H3. The molecule has 0 bridgehead atoms. The third-order valence-electron chi connectivity index (χ3n) is 3.12. The lowest BCUT2D eigenvalue weighted by molar-refractivity contribution is 0.628. The van der Waals surface area contributed by atoms with Gasteiger partial charge >= 0.3 is 0 Å². The second-order valence-electron chi connectivity index (χ2n) is 4.80. The van der Waals surface area contributed by atoms with Crippen molar-refractivity contribution in [3.8, 4) is 11.3 Å². The van der Waals surface area contributed by atoms with Gasteiger partial charge in [0, 0.05) is 5.56 Å². The molecule has 0 spiro atoms. The molecule has 0 saturated heterocycles. The smallest absolute Gasteiger partial charge is 0.123 e. The Hall–Kier alpha value is -2.49. The Bertz CT molecular complexity index is 717. The summed E-state index contributed by atoms with van der Waals surface area (Å²) in [4.78, 5) is 0. The highest BCUT2D eigenvalue weighted by Gasteiger charge is 2.05. The van der Waals surface area contributed by atoms with Crippen molar-refractivity contribution in [1.29, 1.82) is 0 Å². The summed E-state index contributed by atoms with van der Waals surface area (Å²) in [5.41, 5.74) is 3.80. The molecule has 20 heavy (non-hydrogen) atoms. The maximum absolute atomic E-state index is 13.2. The maximum atomic E-state index is 13.2. The van der Waals surface area contributed by atoms with Gasteiger partial charge in [-0.15, -0.1) is 5.10 Å².